The molecule has 0 aromatic heterocycles. The third-order valence-corrected chi connectivity index (χ3v) is 13.4. The van der Waals surface area contributed by atoms with Gasteiger partial charge in [-0.25, -0.2) is 0 Å². The smallest absolute Gasteiger partial charge is 0.0651 e. The van der Waals surface area contributed by atoms with E-state index < -0.39 is 0 Å². The van der Waals surface area contributed by atoms with E-state index in [-0.39, 0.29) is 0 Å². The number of ether oxygens (including phenoxy) is 1. The van der Waals surface area contributed by atoms with E-state index in [1.807, 2.05) is 0 Å². The summed E-state index contributed by atoms with van der Waals surface area (Å²) in [6, 6.07) is 0. The molecule has 0 aromatic rings. The molecular formula is C44H78O. The lowest BCUT2D eigenvalue weighted by Gasteiger charge is -2.37. The maximum absolute atomic E-state index is 5.99. The van der Waals surface area contributed by atoms with Crippen LogP contribution in [0.25, 0.3) is 0 Å². The second-order valence-corrected chi connectivity index (χ2v) is 16.7. The van der Waals surface area contributed by atoms with E-state index in [1.54, 1.807) is 0 Å². The van der Waals surface area contributed by atoms with Gasteiger partial charge < -0.3 is 4.74 Å². The molecule has 0 heterocycles. The van der Waals surface area contributed by atoms with Crippen molar-refractivity contribution in [2.45, 2.75) is 194 Å². The minimum atomic E-state index is 0.793. The minimum absolute atomic E-state index is 0.793. The van der Waals surface area contributed by atoms with Crippen LogP contribution >= 0.6 is 0 Å². The summed E-state index contributed by atoms with van der Waals surface area (Å²) in [5, 5.41) is 0. The molecule has 0 unspecified atom stereocenters. The van der Waals surface area contributed by atoms with Gasteiger partial charge in [0.1, 0.15) is 0 Å². The zero-order valence-corrected chi connectivity index (χ0v) is 30.5. The summed E-state index contributed by atoms with van der Waals surface area (Å²) in [6.07, 6.45) is 51.1. The van der Waals surface area contributed by atoms with Gasteiger partial charge in [-0.05, 0) is 124 Å². The molecule has 0 N–H and O–H groups in total. The first-order valence-electron chi connectivity index (χ1n) is 21.2. The number of rotatable bonds is 20. The molecule has 4 rings (SSSR count). The Morgan fingerprint density at radius 1 is 0.400 bits per heavy atom. The molecular weight excluding hydrogens is 544 g/mol. The maximum atomic E-state index is 5.99. The average Bonchev–Trinajstić information content (AvgIpc) is 3.09. The molecule has 0 bridgehead atoms. The van der Waals surface area contributed by atoms with E-state index >= 15 is 0 Å². The minimum Gasteiger partial charge on any atom is -0.373 e. The highest BCUT2D eigenvalue weighted by Crippen LogP contribution is 2.44. The molecule has 0 saturated heterocycles. The molecule has 1 heteroatoms. The Labute approximate surface area is 282 Å². The summed E-state index contributed by atoms with van der Waals surface area (Å²) in [6.45, 7) is 6.23. The van der Waals surface area contributed by atoms with Gasteiger partial charge in [0, 0.05) is 0 Å². The number of unbranched alkanes of at least 4 members (excludes halogenated alkanes) is 8. The van der Waals surface area contributed by atoms with Gasteiger partial charge in [0.25, 0.3) is 0 Å². The summed E-state index contributed by atoms with van der Waals surface area (Å²) in [4.78, 5) is 0. The van der Waals surface area contributed by atoms with Crippen LogP contribution in [0.3, 0.4) is 0 Å². The van der Waals surface area contributed by atoms with Crippen LogP contribution in [0.15, 0.2) is 24.3 Å². The second kappa shape index (κ2) is 22.9. The third kappa shape index (κ3) is 14.6. The highest BCUT2D eigenvalue weighted by molar-refractivity contribution is 4.95. The predicted molar refractivity (Wildman–Crippen MR) is 198 cm³/mol. The van der Waals surface area contributed by atoms with Crippen molar-refractivity contribution < 1.29 is 4.74 Å². The van der Waals surface area contributed by atoms with Gasteiger partial charge in [-0.3, -0.25) is 0 Å². The van der Waals surface area contributed by atoms with Gasteiger partial charge in [-0.2, -0.15) is 0 Å². The van der Waals surface area contributed by atoms with Crippen LogP contribution in [0.2, 0.25) is 0 Å². The van der Waals surface area contributed by atoms with Crippen LogP contribution in [0.1, 0.15) is 194 Å². The van der Waals surface area contributed by atoms with Gasteiger partial charge in [0.2, 0.25) is 0 Å². The molecule has 4 fully saturated rings. The Morgan fingerprint density at radius 2 is 0.733 bits per heavy atom. The highest BCUT2D eigenvalue weighted by Gasteiger charge is 2.31. The van der Waals surface area contributed by atoms with Crippen LogP contribution in [0.4, 0.5) is 0 Å². The molecule has 4 aliphatic rings. The van der Waals surface area contributed by atoms with Crippen molar-refractivity contribution in [3.05, 3.63) is 24.3 Å². The molecule has 4 aliphatic carbocycles. The van der Waals surface area contributed by atoms with Gasteiger partial charge in [0.15, 0.2) is 0 Å². The summed E-state index contributed by atoms with van der Waals surface area (Å²) < 4.78 is 5.99. The largest absolute Gasteiger partial charge is 0.373 e. The fourth-order valence-corrected chi connectivity index (χ4v) is 10.3. The molecule has 0 spiro atoms. The molecule has 0 atom stereocenters. The molecule has 1 nitrogen and oxygen atoms in total. The van der Waals surface area contributed by atoms with Crippen LogP contribution in [-0.2, 0) is 4.74 Å². The molecule has 4 saturated carbocycles. The Balaban J connectivity index is 0.964. The van der Waals surface area contributed by atoms with Crippen molar-refractivity contribution in [2.75, 3.05) is 13.2 Å². The van der Waals surface area contributed by atoms with Crippen molar-refractivity contribution in [3.63, 3.8) is 0 Å². The van der Waals surface area contributed by atoms with Crippen LogP contribution < -0.4 is 0 Å². The van der Waals surface area contributed by atoms with Gasteiger partial charge in [0.05, 0.1) is 13.2 Å². The monoisotopic (exact) mass is 623 g/mol. The highest BCUT2D eigenvalue weighted by atomic mass is 16.5. The van der Waals surface area contributed by atoms with Crippen LogP contribution in [0, 0.1) is 47.3 Å². The summed E-state index contributed by atoms with van der Waals surface area (Å²) in [5.41, 5.74) is 0. The lowest BCUT2D eigenvalue weighted by Crippen LogP contribution is -2.25. The summed E-state index contributed by atoms with van der Waals surface area (Å²) >= 11 is 0. The summed E-state index contributed by atoms with van der Waals surface area (Å²) in [5.74, 6) is 7.88. The first-order valence-corrected chi connectivity index (χ1v) is 21.2. The Kier molecular flexibility index (Phi) is 19.0. The molecule has 0 radical (unpaired) electrons. The third-order valence-electron chi connectivity index (χ3n) is 13.4. The SMILES string of the molecule is CCCCCCCC1CCC(C2CCC(C=CCOCC=CC3CCC(C4CCC(CCCCCCC)CC4)CC3)CC2)CC1. The van der Waals surface area contributed by atoms with Crippen LogP contribution in [0.5, 0.6) is 0 Å². The lowest BCUT2D eigenvalue weighted by atomic mass is 9.68. The van der Waals surface area contributed by atoms with Crippen molar-refractivity contribution in [3.8, 4) is 0 Å². The standard InChI is InChI=1S/C44H78O/c1-3-5-7-9-11-15-37-19-27-41(28-20-37)43-31-23-39(24-32-43)17-13-35-45-36-14-18-40-25-33-44(34-26-40)42-29-21-38(22-30-42)16-12-10-8-6-4-2/h13-14,17-18,37-44H,3-12,15-16,19-36H2,1-2H3. The van der Waals surface area contributed by atoms with E-state index in [1.165, 1.54) is 180 Å². The lowest BCUT2D eigenvalue weighted by molar-refractivity contribution is 0.150. The van der Waals surface area contributed by atoms with Crippen molar-refractivity contribution in [1.82, 2.24) is 0 Å². The molecule has 0 aromatic carbocycles. The Morgan fingerprint density at radius 3 is 1.09 bits per heavy atom. The van der Waals surface area contributed by atoms with Crippen molar-refractivity contribution >= 4 is 0 Å². The number of hydrogen-bond acceptors (Lipinski definition) is 1. The Hall–Kier alpha value is -0.560. The van der Waals surface area contributed by atoms with E-state index in [2.05, 4.69) is 38.2 Å². The molecule has 0 aliphatic heterocycles. The molecule has 260 valence electrons. The molecule has 45 heavy (non-hydrogen) atoms. The topological polar surface area (TPSA) is 9.23 Å². The second-order valence-electron chi connectivity index (χ2n) is 16.7. The number of hydrogen-bond donors (Lipinski definition) is 0. The van der Waals surface area contributed by atoms with Gasteiger partial charge in [-0.1, -0.05) is 141 Å². The van der Waals surface area contributed by atoms with Crippen molar-refractivity contribution in [2.24, 2.45) is 47.3 Å². The maximum Gasteiger partial charge on any atom is 0.0651 e. The fraction of sp³-hybridized carbons (Fsp3) is 0.909. The van der Waals surface area contributed by atoms with E-state index in [9.17, 15) is 0 Å². The Bertz CT molecular complexity index is 686. The average molecular weight is 623 g/mol. The molecule has 0 amide bonds. The van der Waals surface area contributed by atoms with E-state index in [0.29, 0.717) is 0 Å². The van der Waals surface area contributed by atoms with Crippen molar-refractivity contribution in [1.29, 1.82) is 0 Å². The normalized spacial score (nSPS) is 33.3. The zero-order valence-electron chi connectivity index (χ0n) is 30.5. The quantitative estimate of drug-likeness (QED) is 0.0969. The predicted octanol–water partition coefficient (Wildman–Crippen LogP) is 14.1. The first kappa shape index (κ1) is 37.3. The zero-order chi connectivity index (χ0) is 31.4. The van der Waals surface area contributed by atoms with Crippen LogP contribution in [-0.4, -0.2) is 13.2 Å². The first-order chi connectivity index (χ1) is 22.2. The van der Waals surface area contributed by atoms with Gasteiger partial charge >= 0.3 is 0 Å². The fourth-order valence-electron chi connectivity index (χ4n) is 10.3. The van der Waals surface area contributed by atoms with E-state index in [0.717, 1.165) is 60.6 Å². The van der Waals surface area contributed by atoms with Gasteiger partial charge in [-0.15, -0.1) is 0 Å². The number of allylic oxidation sites excluding steroid dienone is 2. The summed E-state index contributed by atoms with van der Waals surface area (Å²) in [7, 11) is 0. The van der Waals surface area contributed by atoms with E-state index in [4.69, 9.17) is 4.74 Å².